The van der Waals surface area contributed by atoms with E-state index in [2.05, 4.69) is 0 Å². The van der Waals surface area contributed by atoms with Gasteiger partial charge >= 0.3 is 0 Å². The molecule has 0 bridgehead atoms. The van der Waals surface area contributed by atoms with Crippen LogP contribution in [0.2, 0.25) is 0 Å². The molecule has 0 saturated heterocycles. The van der Waals surface area contributed by atoms with Crippen LogP contribution >= 0.6 is 23.1 Å². The van der Waals surface area contributed by atoms with Crippen molar-refractivity contribution in [2.75, 3.05) is 49.7 Å². The maximum absolute atomic E-state index is 13.6. The van der Waals surface area contributed by atoms with Crippen molar-refractivity contribution in [1.29, 1.82) is 0 Å². The average Bonchev–Trinajstić information content (AvgIpc) is 3.32. The molecule has 0 aliphatic heterocycles. The van der Waals surface area contributed by atoms with Crippen molar-refractivity contribution in [1.82, 2.24) is 9.88 Å². The van der Waals surface area contributed by atoms with E-state index in [1.165, 1.54) is 34.8 Å². The minimum absolute atomic E-state index is 0.120. The van der Waals surface area contributed by atoms with E-state index in [1.807, 2.05) is 49.5 Å². The van der Waals surface area contributed by atoms with E-state index in [-0.39, 0.29) is 10.8 Å². The molecule has 1 aromatic heterocycles. The van der Waals surface area contributed by atoms with Gasteiger partial charge in [0.05, 0.1) is 20.8 Å². The highest BCUT2D eigenvalue weighted by molar-refractivity contribution is 7.98. The van der Waals surface area contributed by atoms with Crippen LogP contribution in [0.15, 0.2) is 82.6 Å². The number of amides is 1. The molecule has 4 aromatic rings. The second-order valence-corrected chi connectivity index (χ2v) is 12.2. The smallest absolute Gasteiger partial charge is 0.264 e. The fourth-order valence-electron chi connectivity index (χ4n) is 3.64. The minimum atomic E-state index is -3.76. The van der Waals surface area contributed by atoms with Crippen LogP contribution in [-0.2, 0) is 10.0 Å². The molecule has 3 aromatic carbocycles. The van der Waals surface area contributed by atoms with Gasteiger partial charge in [0.1, 0.15) is 0 Å². The lowest BCUT2D eigenvalue weighted by Crippen LogP contribution is -2.36. The Kier molecular flexibility index (Phi) is 7.99. The molecule has 0 fully saturated rings. The largest absolute Gasteiger partial charge is 0.308 e. The summed E-state index contributed by atoms with van der Waals surface area (Å²) >= 11 is 3.10. The first kappa shape index (κ1) is 26.2. The zero-order valence-electron chi connectivity index (χ0n) is 20.6. The molecular weight excluding hydrogens is 513 g/mol. The van der Waals surface area contributed by atoms with E-state index in [1.54, 1.807) is 53.1 Å². The Bertz CT molecular complexity index is 1450. The lowest BCUT2D eigenvalue weighted by atomic mass is 10.2. The molecule has 0 N–H and O–H groups in total. The molecule has 0 saturated carbocycles. The Hall–Kier alpha value is -2.92. The van der Waals surface area contributed by atoms with Gasteiger partial charge in [0.15, 0.2) is 5.13 Å². The number of anilines is 2. The standard InChI is InChI=1S/C26H28N4O3S3/c1-28(2)17-18-30(26-27-24-22(34-4)11-8-12-23(24)35-26)25(31)19-13-15-21(16-14-19)36(32,33)29(3)20-9-6-5-7-10-20/h5-16H,17-18H2,1-4H3. The monoisotopic (exact) mass is 540 g/mol. The molecule has 0 aliphatic carbocycles. The maximum Gasteiger partial charge on any atom is 0.264 e. The van der Waals surface area contributed by atoms with Crippen LogP contribution in [-0.4, -0.2) is 64.7 Å². The topological polar surface area (TPSA) is 73.8 Å². The summed E-state index contributed by atoms with van der Waals surface area (Å²) < 4.78 is 28.5. The number of sulfonamides is 1. The van der Waals surface area contributed by atoms with Crippen molar-refractivity contribution in [2.45, 2.75) is 9.79 Å². The number of rotatable bonds is 9. The summed E-state index contributed by atoms with van der Waals surface area (Å²) in [5.74, 6) is -0.220. The third kappa shape index (κ3) is 5.41. The molecule has 0 spiro atoms. The Morgan fingerprint density at radius 2 is 1.61 bits per heavy atom. The molecule has 0 aliphatic rings. The predicted molar refractivity (Wildman–Crippen MR) is 150 cm³/mol. The highest BCUT2D eigenvalue weighted by Crippen LogP contribution is 2.34. The molecule has 0 radical (unpaired) electrons. The first-order valence-electron chi connectivity index (χ1n) is 11.3. The Labute approximate surface area is 220 Å². The molecule has 7 nitrogen and oxygen atoms in total. The van der Waals surface area contributed by atoms with Crippen molar-refractivity contribution in [2.24, 2.45) is 0 Å². The van der Waals surface area contributed by atoms with Gasteiger partial charge in [0.2, 0.25) is 0 Å². The van der Waals surface area contributed by atoms with Crippen LogP contribution < -0.4 is 9.21 Å². The minimum Gasteiger partial charge on any atom is -0.308 e. The van der Waals surface area contributed by atoms with E-state index in [4.69, 9.17) is 4.98 Å². The second-order valence-electron chi connectivity index (χ2n) is 8.40. The lowest BCUT2D eigenvalue weighted by molar-refractivity contribution is 0.0985. The number of hydrogen-bond acceptors (Lipinski definition) is 7. The van der Waals surface area contributed by atoms with Crippen molar-refractivity contribution >= 4 is 60.1 Å². The third-order valence-corrected chi connectivity index (χ3v) is 9.33. The number of thiazole rings is 1. The fourth-order valence-corrected chi connectivity index (χ4v) is 6.48. The molecule has 0 unspecified atom stereocenters. The van der Waals surface area contributed by atoms with Crippen molar-refractivity contribution in [3.63, 3.8) is 0 Å². The van der Waals surface area contributed by atoms with Crippen molar-refractivity contribution < 1.29 is 13.2 Å². The molecule has 4 rings (SSSR count). The Morgan fingerprint density at radius 1 is 0.917 bits per heavy atom. The van der Waals surface area contributed by atoms with E-state index in [0.717, 1.165) is 15.1 Å². The zero-order valence-corrected chi connectivity index (χ0v) is 23.0. The summed E-state index contributed by atoms with van der Waals surface area (Å²) in [5, 5.41) is 0.624. The fraction of sp³-hybridized carbons (Fsp3) is 0.231. The number of benzene rings is 3. The number of para-hydroxylation sites is 2. The second kappa shape index (κ2) is 11.0. The molecule has 188 valence electrons. The number of fused-ring (bicyclic) bond motifs is 1. The maximum atomic E-state index is 13.6. The van der Waals surface area contributed by atoms with Crippen LogP contribution in [0.5, 0.6) is 0 Å². The highest BCUT2D eigenvalue weighted by atomic mass is 32.2. The molecule has 10 heteroatoms. The molecular formula is C26H28N4O3S3. The van der Waals surface area contributed by atoms with Gasteiger partial charge in [0.25, 0.3) is 15.9 Å². The number of carbonyl (C=O) groups is 1. The molecule has 0 atom stereocenters. The van der Waals surface area contributed by atoms with Crippen molar-refractivity contribution in [3.05, 3.63) is 78.4 Å². The van der Waals surface area contributed by atoms with Gasteiger partial charge in [-0.3, -0.25) is 14.0 Å². The summed E-state index contributed by atoms with van der Waals surface area (Å²) in [5.41, 5.74) is 1.85. The van der Waals surface area contributed by atoms with Gasteiger partial charge in [0, 0.05) is 30.6 Å². The number of carbonyl (C=O) groups excluding carboxylic acids is 1. The van der Waals surface area contributed by atoms with Crippen molar-refractivity contribution in [3.8, 4) is 0 Å². The first-order valence-corrected chi connectivity index (χ1v) is 14.7. The molecule has 36 heavy (non-hydrogen) atoms. The van der Waals surface area contributed by atoms with Crippen LogP contribution in [0, 0.1) is 0 Å². The summed E-state index contributed by atoms with van der Waals surface area (Å²) in [4.78, 5) is 23.3. The van der Waals surface area contributed by atoms with E-state index >= 15 is 0 Å². The van der Waals surface area contributed by atoms with Gasteiger partial charge in [-0.15, -0.1) is 11.8 Å². The number of hydrogen-bond donors (Lipinski definition) is 0. The SMILES string of the molecule is CSc1cccc2sc(N(CCN(C)C)C(=O)c3ccc(S(=O)(=O)N(C)c4ccccc4)cc3)nc12. The van der Waals surface area contributed by atoms with Crippen LogP contribution in [0.1, 0.15) is 10.4 Å². The summed E-state index contributed by atoms with van der Waals surface area (Å²) in [6.45, 7) is 1.11. The summed E-state index contributed by atoms with van der Waals surface area (Å²) in [6, 6.07) is 21.0. The van der Waals surface area contributed by atoms with Gasteiger partial charge < -0.3 is 4.90 Å². The van der Waals surface area contributed by atoms with E-state index in [0.29, 0.717) is 29.5 Å². The van der Waals surface area contributed by atoms with Crippen LogP contribution in [0.25, 0.3) is 10.2 Å². The number of thioether (sulfide) groups is 1. The highest BCUT2D eigenvalue weighted by Gasteiger charge is 2.25. The van der Waals surface area contributed by atoms with Crippen LogP contribution in [0.4, 0.5) is 10.8 Å². The van der Waals surface area contributed by atoms with Gasteiger partial charge in [-0.05, 0) is 68.9 Å². The lowest BCUT2D eigenvalue weighted by Gasteiger charge is -2.22. The Balaban J connectivity index is 1.64. The van der Waals surface area contributed by atoms with Gasteiger partial charge in [-0.2, -0.15) is 0 Å². The third-order valence-electron chi connectivity index (χ3n) is 5.72. The Morgan fingerprint density at radius 3 is 2.25 bits per heavy atom. The normalized spacial score (nSPS) is 11.7. The van der Waals surface area contributed by atoms with Crippen LogP contribution in [0.3, 0.4) is 0 Å². The zero-order chi connectivity index (χ0) is 25.9. The summed E-state index contributed by atoms with van der Waals surface area (Å²) in [6.07, 6.45) is 2.01. The number of nitrogens with zero attached hydrogens (tertiary/aromatic N) is 4. The van der Waals surface area contributed by atoms with Gasteiger partial charge in [-0.1, -0.05) is 35.6 Å². The van der Waals surface area contributed by atoms with E-state index in [9.17, 15) is 13.2 Å². The number of likely N-dealkylation sites (N-methyl/N-ethyl adjacent to an activating group) is 1. The van der Waals surface area contributed by atoms with Gasteiger partial charge in [-0.25, -0.2) is 13.4 Å². The van der Waals surface area contributed by atoms with E-state index < -0.39 is 10.0 Å². The average molecular weight is 541 g/mol. The molecule has 1 amide bonds. The quantitative estimate of drug-likeness (QED) is 0.277. The number of aromatic nitrogens is 1. The predicted octanol–water partition coefficient (Wildman–Crippen LogP) is 5.05. The summed E-state index contributed by atoms with van der Waals surface area (Å²) in [7, 11) is 1.66. The molecule has 1 heterocycles. The first-order chi connectivity index (χ1) is 17.2.